The quantitative estimate of drug-likeness (QED) is 0.567. The second kappa shape index (κ2) is 7.78. The van der Waals surface area contributed by atoms with Crippen molar-refractivity contribution in [2.45, 2.75) is 6.61 Å². The lowest BCUT2D eigenvalue weighted by atomic mass is 10.1. The predicted octanol–water partition coefficient (Wildman–Crippen LogP) is 3.64. The van der Waals surface area contributed by atoms with Gasteiger partial charge in [0.25, 0.3) is 0 Å². The number of rotatable bonds is 6. The van der Waals surface area contributed by atoms with Crippen LogP contribution in [0.2, 0.25) is 0 Å². The number of esters is 1. The molecule has 0 fully saturated rings. The Labute approximate surface area is 142 Å². The zero-order valence-corrected chi connectivity index (χ0v) is 14.3. The number of carbonyl (C=O) groups is 2. The lowest BCUT2D eigenvalue weighted by molar-refractivity contribution is 0.0600. The van der Waals surface area contributed by atoms with E-state index in [-0.39, 0.29) is 6.61 Å². The number of hydrogen-bond acceptors (Lipinski definition) is 5. The summed E-state index contributed by atoms with van der Waals surface area (Å²) in [7, 11) is 2.88. The Bertz CT molecular complexity index is 727. The summed E-state index contributed by atoms with van der Waals surface area (Å²) >= 11 is 3.36. The Morgan fingerprint density at radius 2 is 1.87 bits per heavy atom. The van der Waals surface area contributed by atoms with Crippen molar-refractivity contribution >= 4 is 28.2 Å². The Kier molecular flexibility index (Phi) is 5.76. The number of hydrogen-bond donors (Lipinski definition) is 0. The van der Waals surface area contributed by atoms with E-state index >= 15 is 0 Å². The molecule has 0 radical (unpaired) electrons. The molecule has 2 aromatic rings. The van der Waals surface area contributed by atoms with E-state index in [1.807, 2.05) is 0 Å². The maximum absolute atomic E-state index is 11.5. The minimum Gasteiger partial charge on any atom is -0.496 e. The lowest BCUT2D eigenvalue weighted by Crippen LogP contribution is -2.03. The van der Waals surface area contributed by atoms with E-state index in [1.165, 1.54) is 7.11 Å². The van der Waals surface area contributed by atoms with Gasteiger partial charge in [-0.05, 0) is 52.3 Å². The van der Waals surface area contributed by atoms with Crippen molar-refractivity contribution in [2.24, 2.45) is 0 Å². The van der Waals surface area contributed by atoms with E-state index < -0.39 is 5.97 Å². The zero-order valence-electron chi connectivity index (χ0n) is 12.7. The molecule has 6 heteroatoms. The normalized spacial score (nSPS) is 10.0. The topological polar surface area (TPSA) is 61.8 Å². The van der Waals surface area contributed by atoms with E-state index in [9.17, 15) is 9.59 Å². The van der Waals surface area contributed by atoms with Crippen molar-refractivity contribution in [1.29, 1.82) is 0 Å². The Hall–Kier alpha value is -2.34. The molecule has 0 bridgehead atoms. The largest absolute Gasteiger partial charge is 0.496 e. The van der Waals surface area contributed by atoms with E-state index in [0.29, 0.717) is 27.1 Å². The van der Waals surface area contributed by atoms with Gasteiger partial charge in [0.2, 0.25) is 0 Å². The second-order valence-electron chi connectivity index (χ2n) is 4.61. The average molecular weight is 379 g/mol. The summed E-state index contributed by atoms with van der Waals surface area (Å²) < 4.78 is 16.3. The summed E-state index contributed by atoms with van der Waals surface area (Å²) in [6, 6.07) is 10.0. The fourth-order valence-electron chi connectivity index (χ4n) is 2.00. The van der Waals surface area contributed by atoms with Crippen molar-refractivity contribution < 1.29 is 23.8 Å². The highest BCUT2D eigenvalue weighted by Gasteiger charge is 2.11. The van der Waals surface area contributed by atoms with E-state index in [1.54, 1.807) is 43.5 Å². The number of halogens is 1. The third-order valence-corrected chi connectivity index (χ3v) is 3.80. The highest BCUT2D eigenvalue weighted by molar-refractivity contribution is 9.10. The van der Waals surface area contributed by atoms with E-state index in [2.05, 4.69) is 20.7 Å². The SMILES string of the molecule is COC(=O)c1ccc(OCc2cc(C=O)ccc2OC)c(Br)c1. The van der Waals surface area contributed by atoms with E-state index in [0.717, 1.165) is 11.8 Å². The number of ether oxygens (including phenoxy) is 3. The number of benzene rings is 2. The molecule has 5 nitrogen and oxygen atoms in total. The molecule has 0 atom stereocenters. The van der Waals surface area contributed by atoms with Crippen molar-refractivity contribution in [3.63, 3.8) is 0 Å². The molecular formula is C17H15BrO5. The Morgan fingerprint density at radius 1 is 1.13 bits per heavy atom. The molecule has 0 spiro atoms. The van der Waals surface area contributed by atoms with Crippen LogP contribution < -0.4 is 9.47 Å². The molecule has 2 rings (SSSR count). The molecule has 0 heterocycles. The van der Waals surface area contributed by atoms with Crippen molar-refractivity contribution in [1.82, 2.24) is 0 Å². The van der Waals surface area contributed by atoms with Crippen LogP contribution in [0.25, 0.3) is 0 Å². The summed E-state index contributed by atoms with van der Waals surface area (Å²) in [5, 5.41) is 0. The molecule has 0 saturated heterocycles. The third-order valence-electron chi connectivity index (χ3n) is 3.18. The summed E-state index contributed by atoms with van der Waals surface area (Å²) in [5.41, 5.74) is 1.72. The summed E-state index contributed by atoms with van der Waals surface area (Å²) in [6.45, 7) is 0.223. The first-order chi connectivity index (χ1) is 11.1. The minimum atomic E-state index is -0.419. The van der Waals surface area contributed by atoms with Gasteiger partial charge in [-0.1, -0.05) is 0 Å². The lowest BCUT2D eigenvalue weighted by Gasteiger charge is -2.12. The standard InChI is InChI=1S/C17H15BrO5/c1-21-15-5-3-11(9-19)7-13(15)10-23-16-6-4-12(8-14(16)18)17(20)22-2/h3-9H,10H2,1-2H3. The molecule has 0 aliphatic carbocycles. The molecule has 23 heavy (non-hydrogen) atoms. The van der Waals surface area contributed by atoms with Crippen molar-refractivity contribution in [2.75, 3.05) is 14.2 Å². The highest BCUT2D eigenvalue weighted by Crippen LogP contribution is 2.28. The van der Waals surface area contributed by atoms with Crippen LogP contribution in [0.5, 0.6) is 11.5 Å². The molecule has 120 valence electrons. The monoisotopic (exact) mass is 378 g/mol. The maximum Gasteiger partial charge on any atom is 0.337 e. The first-order valence-corrected chi connectivity index (χ1v) is 7.51. The van der Waals surface area contributed by atoms with Gasteiger partial charge in [0, 0.05) is 11.1 Å². The molecule has 2 aromatic carbocycles. The zero-order chi connectivity index (χ0) is 16.8. The molecule has 0 saturated carbocycles. The van der Waals surface area contributed by atoms with Gasteiger partial charge in [-0.25, -0.2) is 4.79 Å². The first-order valence-electron chi connectivity index (χ1n) is 6.71. The van der Waals surface area contributed by atoms with Gasteiger partial charge in [0.1, 0.15) is 24.4 Å². The molecule has 0 aromatic heterocycles. The van der Waals surface area contributed by atoms with Gasteiger partial charge in [-0.3, -0.25) is 4.79 Å². The molecule has 0 N–H and O–H groups in total. The molecule has 0 amide bonds. The predicted molar refractivity (Wildman–Crippen MR) is 88.2 cm³/mol. The van der Waals surface area contributed by atoms with Gasteiger partial charge in [0.15, 0.2) is 0 Å². The Morgan fingerprint density at radius 3 is 2.48 bits per heavy atom. The molecule has 0 aliphatic heterocycles. The van der Waals surface area contributed by atoms with Gasteiger partial charge in [-0.15, -0.1) is 0 Å². The van der Waals surface area contributed by atoms with Gasteiger partial charge in [0.05, 0.1) is 24.3 Å². The summed E-state index contributed by atoms with van der Waals surface area (Å²) in [6.07, 6.45) is 0.768. The minimum absolute atomic E-state index is 0.223. The smallest absolute Gasteiger partial charge is 0.337 e. The maximum atomic E-state index is 11.5. The highest BCUT2D eigenvalue weighted by atomic mass is 79.9. The average Bonchev–Trinajstić information content (AvgIpc) is 2.59. The van der Waals surface area contributed by atoms with Crippen molar-refractivity contribution in [3.05, 3.63) is 57.6 Å². The number of aldehydes is 1. The summed E-state index contributed by atoms with van der Waals surface area (Å²) in [4.78, 5) is 22.4. The molecular weight excluding hydrogens is 364 g/mol. The van der Waals surface area contributed by atoms with Crippen LogP contribution in [0, 0.1) is 0 Å². The van der Waals surface area contributed by atoms with Crippen LogP contribution in [0.15, 0.2) is 40.9 Å². The van der Waals surface area contributed by atoms with Crippen LogP contribution in [-0.2, 0) is 11.3 Å². The molecule has 0 aliphatic rings. The van der Waals surface area contributed by atoms with Crippen LogP contribution in [0.3, 0.4) is 0 Å². The summed E-state index contributed by atoms with van der Waals surface area (Å²) in [5.74, 6) is 0.784. The molecule has 0 unspecified atom stereocenters. The van der Waals surface area contributed by atoms with E-state index in [4.69, 9.17) is 9.47 Å². The van der Waals surface area contributed by atoms with Crippen LogP contribution in [-0.4, -0.2) is 26.5 Å². The van der Waals surface area contributed by atoms with Crippen molar-refractivity contribution in [3.8, 4) is 11.5 Å². The van der Waals surface area contributed by atoms with Gasteiger partial charge >= 0.3 is 5.97 Å². The second-order valence-corrected chi connectivity index (χ2v) is 5.47. The van der Waals surface area contributed by atoms with Crippen LogP contribution in [0.1, 0.15) is 26.3 Å². The van der Waals surface area contributed by atoms with Crippen LogP contribution in [0.4, 0.5) is 0 Å². The third kappa shape index (κ3) is 4.10. The fourth-order valence-corrected chi connectivity index (χ4v) is 2.50. The van der Waals surface area contributed by atoms with Gasteiger partial charge in [-0.2, -0.15) is 0 Å². The Balaban J connectivity index is 2.18. The number of methoxy groups -OCH3 is 2. The van der Waals surface area contributed by atoms with Gasteiger partial charge < -0.3 is 14.2 Å². The van der Waals surface area contributed by atoms with Crippen LogP contribution >= 0.6 is 15.9 Å². The fraction of sp³-hybridized carbons (Fsp3) is 0.176. The number of carbonyl (C=O) groups excluding carboxylic acids is 2. The first kappa shape index (κ1) is 17.0.